The Morgan fingerprint density at radius 3 is 2.60 bits per heavy atom. The Morgan fingerprint density at radius 1 is 1.47 bits per heavy atom. The highest BCUT2D eigenvalue weighted by Crippen LogP contribution is 2.19. The molecule has 1 aliphatic heterocycles. The Balaban J connectivity index is 2.26. The van der Waals surface area contributed by atoms with Gasteiger partial charge in [-0.05, 0) is 33.0 Å². The van der Waals surface area contributed by atoms with Crippen molar-refractivity contribution < 1.29 is 9.90 Å². The van der Waals surface area contributed by atoms with Gasteiger partial charge in [-0.2, -0.15) is 0 Å². The molecule has 0 amide bonds. The van der Waals surface area contributed by atoms with Crippen molar-refractivity contribution in [3.05, 3.63) is 0 Å². The molecule has 4 nitrogen and oxygen atoms in total. The van der Waals surface area contributed by atoms with Gasteiger partial charge in [0.1, 0.15) is 0 Å². The fraction of sp³-hybridized carbons (Fsp3) is 0.909. The smallest absolute Gasteiger partial charge is 0.303 e. The largest absolute Gasteiger partial charge is 0.481 e. The van der Waals surface area contributed by atoms with E-state index >= 15 is 0 Å². The minimum atomic E-state index is -0.689. The molecule has 88 valence electrons. The van der Waals surface area contributed by atoms with Crippen LogP contribution in [0.25, 0.3) is 0 Å². The standard InChI is InChI=1S/C11H22N2O2/c1-9-7-13(6-4-5-11(14)15)8-10(9)12(2)3/h9-10H,4-8H2,1-3H3,(H,14,15). The van der Waals surface area contributed by atoms with Gasteiger partial charge in [-0.25, -0.2) is 0 Å². The highest BCUT2D eigenvalue weighted by molar-refractivity contribution is 5.66. The second-order valence-corrected chi connectivity index (χ2v) is 4.77. The van der Waals surface area contributed by atoms with E-state index in [0.29, 0.717) is 12.0 Å². The third-order valence-electron chi connectivity index (χ3n) is 3.18. The monoisotopic (exact) mass is 214 g/mol. The summed E-state index contributed by atoms with van der Waals surface area (Å²) in [7, 11) is 4.23. The zero-order chi connectivity index (χ0) is 11.4. The van der Waals surface area contributed by atoms with Crippen LogP contribution < -0.4 is 0 Å². The third kappa shape index (κ3) is 3.80. The van der Waals surface area contributed by atoms with Gasteiger partial charge in [-0.15, -0.1) is 0 Å². The molecule has 1 saturated heterocycles. The molecular formula is C11H22N2O2. The molecule has 2 unspecified atom stereocenters. The molecule has 0 bridgehead atoms. The van der Waals surface area contributed by atoms with Crippen LogP contribution in [0.4, 0.5) is 0 Å². The highest BCUT2D eigenvalue weighted by Gasteiger charge is 2.30. The van der Waals surface area contributed by atoms with Gasteiger partial charge >= 0.3 is 5.97 Å². The van der Waals surface area contributed by atoms with E-state index in [9.17, 15) is 4.79 Å². The third-order valence-corrected chi connectivity index (χ3v) is 3.18. The van der Waals surface area contributed by atoms with Gasteiger partial charge in [0.15, 0.2) is 0 Å². The molecule has 0 radical (unpaired) electrons. The van der Waals surface area contributed by atoms with Crippen molar-refractivity contribution in [1.29, 1.82) is 0 Å². The van der Waals surface area contributed by atoms with Gasteiger partial charge in [-0.1, -0.05) is 6.92 Å². The van der Waals surface area contributed by atoms with Crippen LogP contribution in [0.5, 0.6) is 0 Å². The summed E-state index contributed by atoms with van der Waals surface area (Å²) in [6, 6.07) is 0.620. The minimum Gasteiger partial charge on any atom is -0.481 e. The summed E-state index contributed by atoms with van der Waals surface area (Å²) in [4.78, 5) is 15.0. The molecule has 0 aliphatic carbocycles. The van der Waals surface area contributed by atoms with E-state index in [0.717, 1.165) is 26.1 Å². The lowest BCUT2D eigenvalue weighted by Crippen LogP contribution is -2.34. The first-order valence-electron chi connectivity index (χ1n) is 5.61. The quantitative estimate of drug-likeness (QED) is 0.733. The second-order valence-electron chi connectivity index (χ2n) is 4.77. The maximum absolute atomic E-state index is 10.4. The van der Waals surface area contributed by atoms with Crippen LogP contribution in [-0.2, 0) is 4.79 Å². The summed E-state index contributed by atoms with van der Waals surface area (Å²) in [6.45, 7) is 5.36. The van der Waals surface area contributed by atoms with Gasteiger partial charge in [0, 0.05) is 25.6 Å². The average molecular weight is 214 g/mol. The number of nitrogens with zero attached hydrogens (tertiary/aromatic N) is 2. The number of likely N-dealkylation sites (tertiary alicyclic amines) is 1. The molecule has 1 heterocycles. The van der Waals surface area contributed by atoms with Crippen LogP contribution in [0, 0.1) is 5.92 Å². The topological polar surface area (TPSA) is 43.8 Å². The lowest BCUT2D eigenvalue weighted by Gasteiger charge is -2.22. The molecule has 15 heavy (non-hydrogen) atoms. The Kier molecular flexibility index (Phi) is 4.54. The molecule has 4 heteroatoms. The lowest BCUT2D eigenvalue weighted by molar-refractivity contribution is -0.137. The first kappa shape index (κ1) is 12.5. The molecule has 0 spiro atoms. The highest BCUT2D eigenvalue weighted by atomic mass is 16.4. The fourth-order valence-corrected chi connectivity index (χ4v) is 2.36. The van der Waals surface area contributed by atoms with Gasteiger partial charge < -0.3 is 14.9 Å². The number of hydrogen-bond acceptors (Lipinski definition) is 3. The summed E-state index contributed by atoms with van der Waals surface area (Å²) in [5, 5.41) is 8.55. The normalized spacial score (nSPS) is 27.5. The zero-order valence-electron chi connectivity index (χ0n) is 9.94. The number of aliphatic carboxylic acids is 1. The summed E-state index contributed by atoms with van der Waals surface area (Å²) in [6.07, 6.45) is 1.06. The lowest BCUT2D eigenvalue weighted by atomic mass is 10.1. The van der Waals surface area contributed by atoms with E-state index in [1.165, 1.54) is 0 Å². The summed E-state index contributed by atoms with van der Waals surface area (Å²) in [5.74, 6) is -0.00349. The molecular weight excluding hydrogens is 192 g/mol. The second kappa shape index (κ2) is 5.47. The Bertz CT molecular complexity index is 219. The molecule has 0 saturated carbocycles. The van der Waals surface area contributed by atoms with E-state index < -0.39 is 5.97 Å². The number of carboxylic acid groups (broad SMARTS) is 1. The van der Waals surface area contributed by atoms with Crippen LogP contribution in [0.15, 0.2) is 0 Å². The van der Waals surface area contributed by atoms with Crippen LogP contribution in [-0.4, -0.2) is 60.6 Å². The number of rotatable bonds is 5. The van der Waals surface area contributed by atoms with E-state index in [-0.39, 0.29) is 6.42 Å². The molecule has 0 aromatic rings. The van der Waals surface area contributed by atoms with E-state index in [2.05, 4.69) is 30.8 Å². The molecule has 0 aromatic carbocycles. The van der Waals surface area contributed by atoms with Gasteiger partial charge in [0.2, 0.25) is 0 Å². The molecule has 2 atom stereocenters. The van der Waals surface area contributed by atoms with Gasteiger partial charge in [0.05, 0.1) is 0 Å². The van der Waals surface area contributed by atoms with Crippen LogP contribution in [0.1, 0.15) is 19.8 Å². The maximum Gasteiger partial charge on any atom is 0.303 e. The number of likely N-dealkylation sites (N-methyl/N-ethyl adjacent to an activating group) is 1. The van der Waals surface area contributed by atoms with Crippen molar-refractivity contribution in [1.82, 2.24) is 9.80 Å². The van der Waals surface area contributed by atoms with Gasteiger partial charge in [-0.3, -0.25) is 4.79 Å². The van der Waals surface area contributed by atoms with Crippen molar-refractivity contribution in [2.24, 2.45) is 5.92 Å². The Morgan fingerprint density at radius 2 is 2.13 bits per heavy atom. The first-order chi connectivity index (χ1) is 7.00. The molecule has 1 N–H and O–H groups in total. The van der Waals surface area contributed by atoms with Gasteiger partial charge in [0.25, 0.3) is 0 Å². The van der Waals surface area contributed by atoms with Crippen LogP contribution >= 0.6 is 0 Å². The molecule has 1 fully saturated rings. The number of carbonyl (C=O) groups is 1. The fourth-order valence-electron chi connectivity index (χ4n) is 2.36. The maximum atomic E-state index is 10.4. The van der Waals surface area contributed by atoms with Crippen LogP contribution in [0.3, 0.4) is 0 Å². The molecule has 1 aliphatic rings. The predicted octanol–water partition coefficient (Wildman–Crippen LogP) is 0.733. The van der Waals surface area contributed by atoms with E-state index in [1.807, 2.05) is 0 Å². The van der Waals surface area contributed by atoms with E-state index in [4.69, 9.17) is 5.11 Å². The van der Waals surface area contributed by atoms with E-state index in [1.54, 1.807) is 0 Å². The van der Waals surface area contributed by atoms with Crippen LogP contribution in [0.2, 0.25) is 0 Å². The minimum absolute atomic E-state index is 0.289. The first-order valence-corrected chi connectivity index (χ1v) is 5.61. The Hall–Kier alpha value is -0.610. The molecule has 1 rings (SSSR count). The van der Waals surface area contributed by atoms with Crippen molar-refractivity contribution >= 4 is 5.97 Å². The molecule has 0 aromatic heterocycles. The SMILES string of the molecule is CC1CN(CCCC(=O)O)CC1N(C)C. The number of hydrogen-bond donors (Lipinski definition) is 1. The van der Waals surface area contributed by atoms with Crippen molar-refractivity contribution in [3.8, 4) is 0 Å². The van der Waals surface area contributed by atoms with Crippen molar-refractivity contribution in [2.75, 3.05) is 33.7 Å². The summed E-state index contributed by atoms with van der Waals surface area (Å²) in [5.41, 5.74) is 0. The predicted molar refractivity (Wildman–Crippen MR) is 59.9 cm³/mol. The van der Waals surface area contributed by atoms with Crippen molar-refractivity contribution in [3.63, 3.8) is 0 Å². The number of carboxylic acids is 1. The Labute approximate surface area is 91.9 Å². The van der Waals surface area contributed by atoms with Crippen molar-refractivity contribution in [2.45, 2.75) is 25.8 Å². The summed E-state index contributed by atoms with van der Waals surface area (Å²) < 4.78 is 0. The summed E-state index contributed by atoms with van der Waals surface area (Å²) >= 11 is 0. The zero-order valence-corrected chi connectivity index (χ0v) is 9.94. The average Bonchev–Trinajstić information content (AvgIpc) is 2.46.